The van der Waals surface area contributed by atoms with E-state index in [1.165, 1.54) is 4.90 Å². The predicted octanol–water partition coefficient (Wildman–Crippen LogP) is 1.36. The standard InChI is InChI=1S/C11H13ClN4O/c1-15(2)10(17)6-16-9-4-3-7(12)5-8(9)14-11(16)13/h3-5H,6H2,1-2H3,(H2,13,14). The highest BCUT2D eigenvalue weighted by atomic mass is 35.5. The second-order valence-corrected chi connectivity index (χ2v) is 4.41. The number of aromatic nitrogens is 2. The number of benzene rings is 1. The van der Waals surface area contributed by atoms with Gasteiger partial charge in [0.05, 0.1) is 11.0 Å². The maximum absolute atomic E-state index is 11.7. The molecule has 0 aliphatic rings. The molecule has 0 fully saturated rings. The summed E-state index contributed by atoms with van der Waals surface area (Å²) in [5, 5.41) is 0.598. The first-order valence-electron chi connectivity index (χ1n) is 5.10. The predicted molar refractivity (Wildman–Crippen MR) is 67.8 cm³/mol. The Hall–Kier alpha value is -1.75. The van der Waals surface area contributed by atoms with Crippen LogP contribution >= 0.6 is 11.6 Å². The summed E-state index contributed by atoms with van der Waals surface area (Å²) >= 11 is 5.87. The van der Waals surface area contributed by atoms with E-state index < -0.39 is 0 Å². The molecule has 0 radical (unpaired) electrons. The van der Waals surface area contributed by atoms with Crippen molar-refractivity contribution in [1.82, 2.24) is 14.5 Å². The monoisotopic (exact) mass is 252 g/mol. The number of nitrogen functional groups attached to an aromatic ring is 1. The number of amides is 1. The molecule has 0 bridgehead atoms. The zero-order valence-electron chi connectivity index (χ0n) is 9.64. The number of carbonyl (C=O) groups excluding carboxylic acids is 1. The Kier molecular flexibility index (Phi) is 2.93. The average molecular weight is 253 g/mol. The fourth-order valence-corrected chi connectivity index (χ4v) is 1.73. The second-order valence-electron chi connectivity index (χ2n) is 3.98. The molecule has 1 amide bonds. The molecule has 0 spiro atoms. The van der Waals surface area contributed by atoms with E-state index in [1.807, 2.05) is 6.07 Å². The molecule has 17 heavy (non-hydrogen) atoms. The van der Waals surface area contributed by atoms with Crippen molar-refractivity contribution < 1.29 is 4.79 Å². The first-order valence-corrected chi connectivity index (χ1v) is 5.48. The molecular weight excluding hydrogens is 240 g/mol. The molecule has 1 aromatic carbocycles. The van der Waals surface area contributed by atoms with Crippen molar-refractivity contribution in [3.63, 3.8) is 0 Å². The number of halogens is 1. The molecule has 5 nitrogen and oxygen atoms in total. The van der Waals surface area contributed by atoms with E-state index in [9.17, 15) is 4.79 Å². The van der Waals surface area contributed by atoms with E-state index in [0.29, 0.717) is 16.5 Å². The summed E-state index contributed by atoms with van der Waals surface area (Å²) in [5.74, 6) is 0.281. The summed E-state index contributed by atoms with van der Waals surface area (Å²) in [6.45, 7) is 0.178. The van der Waals surface area contributed by atoms with Crippen LogP contribution in [0.5, 0.6) is 0 Å². The van der Waals surface area contributed by atoms with Crippen LogP contribution in [0, 0.1) is 0 Å². The van der Waals surface area contributed by atoms with Gasteiger partial charge in [-0.05, 0) is 18.2 Å². The van der Waals surface area contributed by atoms with Gasteiger partial charge in [-0.25, -0.2) is 4.98 Å². The second kappa shape index (κ2) is 4.25. The number of rotatable bonds is 2. The quantitative estimate of drug-likeness (QED) is 0.878. The zero-order valence-corrected chi connectivity index (χ0v) is 10.4. The molecular formula is C11H13ClN4O. The van der Waals surface area contributed by atoms with Gasteiger partial charge in [0.25, 0.3) is 0 Å². The Morgan fingerprint density at radius 1 is 1.53 bits per heavy atom. The number of hydrogen-bond donors (Lipinski definition) is 1. The zero-order chi connectivity index (χ0) is 12.6. The van der Waals surface area contributed by atoms with E-state index in [1.54, 1.807) is 30.8 Å². The van der Waals surface area contributed by atoms with Crippen molar-refractivity contribution in [2.24, 2.45) is 0 Å². The normalized spacial score (nSPS) is 10.8. The smallest absolute Gasteiger partial charge is 0.242 e. The van der Waals surface area contributed by atoms with Gasteiger partial charge in [-0.3, -0.25) is 4.79 Å². The van der Waals surface area contributed by atoms with Gasteiger partial charge in [0.15, 0.2) is 0 Å². The van der Waals surface area contributed by atoms with Gasteiger partial charge >= 0.3 is 0 Å². The van der Waals surface area contributed by atoms with Gasteiger partial charge in [0.2, 0.25) is 11.9 Å². The molecule has 2 rings (SSSR count). The van der Waals surface area contributed by atoms with E-state index in [-0.39, 0.29) is 12.5 Å². The molecule has 0 saturated heterocycles. The topological polar surface area (TPSA) is 64.2 Å². The van der Waals surface area contributed by atoms with Crippen LogP contribution in [0.15, 0.2) is 18.2 Å². The summed E-state index contributed by atoms with van der Waals surface area (Å²) in [7, 11) is 3.41. The van der Waals surface area contributed by atoms with E-state index in [0.717, 1.165) is 5.52 Å². The summed E-state index contributed by atoms with van der Waals surface area (Å²) in [6, 6.07) is 5.29. The van der Waals surface area contributed by atoms with Crippen LogP contribution in [0.1, 0.15) is 0 Å². The Morgan fingerprint density at radius 2 is 2.24 bits per heavy atom. The molecule has 0 saturated carbocycles. The molecule has 2 N–H and O–H groups in total. The molecule has 0 atom stereocenters. The minimum atomic E-state index is -0.0362. The number of imidazole rings is 1. The number of fused-ring (bicyclic) bond motifs is 1. The molecule has 1 aromatic heterocycles. The van der Waals surface area contributed by atoms with Crippen LogP contribution in [0.4, 0.5) is 5.95 Å². The third-order valence-electron chi connectivity index (χ3n) is 2.53. The summed E-state index contributed by atoms with van der Waals surface area (Å²) in [6.07, 6.45) is 0. The van der Waals surface area contributed by atoms with Crippen molar-refractivity contribution in [2.45, 2.75) is 6.54 Å². The number of hydrogen-bond acceptors (Lipinski definition) is 3. The third-order valence-corrected chi connectivity index (χ3v) is 2.77. The van der Waals surface area contributed by atoms with Crippen LogP contribution in [0.2, 0.25) is 5.02 Å². The van der Waals surface area contributed by atoms with Crippen molar-refractivity contribution in [3.05, 3.63) is 23.2 Å². The minimum absolute atomic E-state index is 0.0362. The lowest BCUT2D eigenvalue weighted by Gasteiger charge is -2.11. The lowest BCUT2D eigenvalue weighted by molar-refractivity contribution is -0.129. The summed E-state index contributed by atoms with van der Waals surface area (Å²) < 4.78 is 1.67. The molecule has 1 heterocycles. The highest BCUT2D eigenvalue weighted by Crippen LogP contribution is 2.21. The van der Waals surface area contributed by atoms with Gasteiger partial charge in [-0.1, -0.05) is 11.6 Å². The number of carbonyl (C=O) groups is 1. The summed E-state index contributed by atoms with van der Waals surface area (Å²) in [4.78, 5) is 17.4. The van der Waals surface area contributed by atoms with Gasteiger partial charge in [-0.2, -0.15) is 0 Å². The van der Waals surface area contributed by atoms with Gasteiger partial charge in [-0.15, -0.1) is 0 Å². The van der Waals surface area contributed by atoms with Crippen molar-refractivity contribution in [3.8, 4) is 0 Å². The Labute approximate surface area is 104 Å². The van der Waals surface area contributed by atoms with Crippen molar-refractivity contribution in [2.75, 3.05) is 19.8 Å². The highest BCUT2D eigenvalue weighted by Gasteiger charge is 2.12. The van der Waals surface area contributed by atoms with Gasteiger partial charge in [0.1, 0.15) is 6.54 Å². The first-order chi connectivity index (χ1) is 7.99. The van der Waals surface area contributed by atoms with E-state index >= 15 is 0 Å². The molecule has 90 valence electrons. The third kappa shape index (κ3) is 2.19. The molecule has 6 heteroatoms. The van der Waals surface area contributed by atoms with Crippen LogP contribution in [0.25, 0.3) is 11.0 Å². The highest BCUT2D eigenvalue weighted by molar-refractivity contribution is 6.31. The van der Waals surface area contributed by atoms with E-state index in [2.05, 4.69) is 4.98 Å². The molecule has 2 aromatic rings. The maximum atomic E-state index is 11.7. The maximum Gasteiger partial charge on any atom is 0.242 e. The Balaban J connectivity index is 2.46. The number of likely N-dealkylation sites (N-methyl/N-ethyl adjacent to an activating group) is 1. The van der Waals surface area contributed by atoms with Crippen LogP contribution in [-0.2, 0) is 11.3 Å². The number of anilines is 1. The average Bonchev–Trinajstić information content (AvgIpc) is 2.54. The number of nitrogens with two attached hydrogens (primary N) is 1. The largest absolute Gasteiger partial charge is 0.369 e. The fourth-order valence-electron chi connectivity index (χ4n) is 1.56. The molecule has 0 aliphatic heterocycles. The lowest BCUT2D eigenvalue weighted by atomic mass is 10.3. The molecule has 0 aliphatic carbocycles. The van der Waals surface area contributed by atoms with Gasteiger partial charge < -0.3 is 15.2 Å². The van der Waals surface area contributed by atoms with Crippen LogP contribution < -0.4 is 5.73 Å². The van der Waals surface area contributed by atoms with Crippen molar-refractivity contribution in [1.29, 1.82) is 0 Å². The minimum Gasteiger partial charge on any atom is -0.369 e. The van der Waals surface area contributed by atoms with Crippen LogP contribution in [0.3, 0.4) is 0 Å². The number of nitrogens with zero attached hydrogens (tertiary/aromatic N) is 3. The summed E-state index contributed by atoms with van der Waals surface area (Å²) in [5.41, 5.74) is 7.29. The van der Waals surface area contributed by atoms with Gasteiger partial charge in [0, 0.05) is 19.1 Å². The first kappa shape index (κ1) is 11.7. The van der Waals surface area contributed by atoms with E-state index in [4.69, 9.17) is 17.3 Å². The Morgan fingerprint density at radius 3 is 2.88 bits per heavy atom. The van der Waals surface area contributed by atoms with Crippen molar-refractivity contribution >= 4 is 34.5 Å². The van der Waals surface area contributed by atoms with Crippen LogP contribution in [-0.4, -0.2) is 34.5 Å². The SMILES string of the molecule is CN(C)C(=O)Cn1c(N)nc2cc(Cl)ccc21. The lowest BCUT2D eigenvalue weighted by Crippen LogP contribution is -2.26. The Bertz CT molecular complexity index is 576. The molecule has 0 unspecified atom stereocenters. The fraction of sp³-hybridized carbons (Fsp3) is 0.273.